The van der Waals surface area contributed by atoms with Crippen LogP contribution in [0, 0.1) is 5.92 Å². The normalized spacial score (nSPS) is 32.2. The molecule has 2 heterocycles. The average molecular weight is 226 g/mol. The first-order valence-electron chi connectivity index (χ1n) is 5.61. The van der Waals surface area contributed by atoms with E-state index in [1.807, 2.05) is 0 Å². The van der Waals surface area contributed by atoms with Gasteiger partial charge in [0.05, 0.1) is 6.67 Å². The second kappa shape index (κ2) is 4.03. The molecular weight excluding hydrogens is 208 g/mol. The third-order valence-corrected chi connectivity index (χ3v) is 3.45. The molecule has 6 nitrogen and oxygen atoms in total. The van der Waals surface area contributed by atoms with Gasteiger partial charge >= 0.3 is 6.03 Å². The minimum Gasteiger partial charge on any atom is -0.320 e. The molecule has 2 fully saturated rings. The van der Waals surface area contributed by atoms with Crippen LogP contribution in [0.1, 0.15) is 20.8 Å². The van der Waals surface area contributed by atoms with Crippen molar-refractivity contribution in [2.45, 2.75) is 39.0 Å². The molecule has 0 aromatic rings. The largest absolute Gasteiger partial charge is 0.322 e. The zero-order chi connectivity index (χ0) is 11.9. The number of hydrogen-bond acceptors (Lipinski definition) is 4. The monoisotopic (exact) mass is 226 g/mol. The number of imide groups is 1. The molecule has 2 saturated heterocycles. The third-order valence-electron chi connectivity index (χ3n) is 3.45. The van der Waals surface area contributed by atoms with Gasteiger partial charge in [-0.2, -0.15) is 0 Å². The van der Waals surface area contributed by atoms with E-state index < -0.39 is 6.03 Å². The van der Waals surface area contributed by atoms with Gasteiger partial charge in [0.2, 0.25) is 5.91 Å². The quantitative estimate of drug-likeness (QED) is 0.589. The molecule has 90 valence electrons. The van der Waals surface area contributed by atoms with Crippen LogP contribution in [-0.4, -0.2) is 41.8 Å². The van der Waals surface area contributed by atoms with E-state index in [4.69, 9.17) is 0 Å². The Labute approximate surface area is 94.7 Å². The fraction of sp³-hybridized carbons (Fsp3) is 0.800. The molecule has 0 saturated carbocycles. The second-order valence-corrected chi connectivity index (χ2v) is 4.75. The Morgan fingerprint density at radius 1 is 1.31 bits per heavy atom. The highest BCUT2D eigenvalue weighted by Gasteiger charge is 2.45. The third kappa shape index (κ3) is 1.78. The Bertz CT molecular complexity index is 318. The number of carbonyl (C=O) groups excluding carboxylic acids is 2. The minimum absolute atomic E-state index is 0.216. The lowest BCUT2D eigenvalue weighted by Crippen LogP contribution is -2.65. The van der Waals surface area contributed by atoms with Gasteiger partial charge in [0.1, 0.15) is 12.2 Å². The number of carbonyl (C=O) groups is 2. The summed E-state index contributed by atoms with van der Waals surface area (Å²) in [5, 5.41) is 8.15. The molecule has 0 aliphatic carbocycles. The maximum absolute atomic E-state index is 11.8. The van der Waals surface area contributed by atoms with Gasteiger partial charge in [-0.3, -0.25) is 20.3 Å². The molecule has 16 heavy (non-hydrogen) atoms. The van der Waals surface area contributed by atoms with Crippen LogP contribution in [-0.2, 0) is 4.79 Å². The van der Waals surface area contributed by atoms with Crippen LogP contribution in [0.2, 0.25) is 0 Å². The number of nitrogens with zero attached hydrogens (tertiary/aromatic N) is 1. The van der Waals surface area contributed by atoms with Gasteiger partial charge in [-0.1, -0.05) is 13.8 Å². The number of fused-ring (bicyclic) bond motifs is 1. The molecule has 2 aliphatic rings. The van der Waals surface area contributed by atoms with Crippen LogP contribution in [0.4, 0.5) is 4.79 Å². The summed E-state index contributed by atoms with van der Waals surface area (Å²) >= 11 is 0. The lowest BCUT2D eigenvalue weighted by molar-refractivity contribution is -0.126. The lowest BCUT2D eigenvalue weighted by Gasteiger charge is -2.34. The number of nitrogens with one attached hydrogen (secondary N) is 3. The number of urea groups is 1. The van der Waals surface area contributed by atoms with E-state index in [9.17, 15) is 9.59 Å². The standard InChI is InChI=1S/C10H18N4O2/c1-5(2)6(3)14-4-11-8-7(14)9(15)13-10(16)12-8/h5-8,11H,4H2,1-3H3,(H2,12,13,15,16). The highest BCUT2D eigenvalue weighted by Crippen LogP contribution is 2.20. The van der Waals surface area contributed by atoms with Crippen molar-refractivity contribution in [3.8, 4) is 0 Å². The van der Waals surface area contributed by atoms with Crippen LogP contribution in [0.15, 0.2) is 0 Å². The Hall–Kier alpha value is -1.14. The molecule has 0 radical (unpaired) electrons. The van der Waals surface area contributed by atoms with Crippen LogP contribution in [0.25, 0.3) is 0 Å². The molecule has 2 rings (SSSR count). The van der Waals surface area contributed by atoms with Crippen molar-refractivity contribution in [1.82, 2.24) is 20.9 Å². The van der Waals surface area contributed by atoms with Crippen molar-refractivity contribution in [1.29, 1.82) is 0 Å². The highest BCUT2D eigenvalue weighted by atomic mass is 16.2. The topological polar surface area (TPSA) is 73.5 Å². The smallest absolute Gasteiger partial charge is 0.320 e. The van der Waals surface area contributed by atoms with E-state index in [0.29, 0.717) is 18.6 Å². The SMILES string of the molecule is CC(C)C(C)N1CNC2NC(=O)NC(=O)C21. The van der Waals surface area contributed by atoms with Crippen molar-refractivity contribution in [2.75, 3.05) is 6.67 Å². The summed E-state index contributed by atoms with van der Waals surface area (Å²) in [6.45, 7) is 6.97. The van der Waals surface area contributed by atoms with Crippen molar-refractivity contribution < 1.29 is 9.59 Å². The maximum atomic E-state index is 11.8. The van der Waals surface area contributed by atoms with Gasteiger partial charge in [0.15, 0.2) is 0 Å². The molecule has 6 heteroatoms. The summed E-state index contributed by atoms with van der Waals surface area (Å²) in [6.07, 6.45) is -0.262. The van der Waals surface area contributed by atoms with Crippen molar-refractivity contribution in [3.05, 3.63) is 0 Å². The first-order valence-corrected chi connectivity index (χ1v) is 5.61. The first-order chi connectivity index (χ1) is 7.50. The van der Waals surface area contributed by atoms with Gasteiger partial charge in [0.25, 0.3) is 0 Å². The van der Waals surface area contributed by atoms with Crippen LogP contribution >= 0.6 is 0 Å². The fourth-order valence-corrected chi connectivity index (χ4v) is 2.18. The van der Waals surface area contributed by atoms with E-state index in [1.54, 1.807) is 0 Å². The molecule has 3 unspecified atom stereocenters. The maximum Gasteiger partial charge on any atom is 0.322 e. The van der Waals surface area contributed by atoms with Crippen LogP contribution < -0.4 is 16.0 Å². The lowest BCUT2D eigenvalue weighted by atomic mass is 10.0. The Kier molecular flexibility index (Phi) is 2.86. The average Bonchev–Trinajstić information content (AvgIpc) is 2.59. The number of rotatable bonds is 2. The number of hydrogen-bond donors (Lipinski definition) is 3. The Morgan fingerprint density at radius 3 is 2.62 bits per heavy atom. The fourth-order valence-electron chi connectivity index (χ4n) is 2.18. The predicted molar refractivity (Wildman–Crippen MR) is 58.4 cm³/mol. The van der Waals surface area contributed by atoms with Crippen molar-refractivity contribution in [2.24, 2.45) is 5.92 Å². The summed E-state index contributed by atoms with van der Waals surface area (Å²) in [7, 11) is 0. The molecule has 0 bridgehead atoms. The van der Waals surface area contributed by atoms with Gasteiger partial charge < -0.3 is 5.32 Å². The van der Waals surface area contributed by atoms with E-state index >= 15 is 0 Å². The molecule has 0 aromatic carbocycles. The Balaban J connectivity index is 2.14. The van der Waals surface area contributed by atoms with E-state index in [1.165, 1.54) is 0 Å². The van der Waals surface area contributed by atoms with Crippen molar-refractivity contribution >= 4 is 11.9 Å². The highest BCUT2D eigenvalue weighted by molar-refractivity contribution is 6.00. The molecular formula is C10H18N4O2. The second-order valence-electron chi connectivity index (χ2n) is 4.75. The zero-order valence-corrected chi connectivity index (χ0v) is 9.78. The first kappa shape index (κ1) is 11.3. The summed E-state index contributed by atoms with van der Waals surface area (Å²) < 4.78 is 0. The molecule has 3 amide bonds. The zero-order valence-electron chi connectivity index (χ0n) is 9.78. The van der Waals surface area contributed by atoms with Crippen LogP contribution in [0.3, 0.4) is 0 Å². The molecule has 0 spiro atoms. The van der Waals surface area contributed by atoms with Gasteiger partial charge in [-0.05, 0) is 12.8 Å². The van der Waals surface area contributed by atoms with Gasteiger partial charge in [-0.25, -0.2) is 4.79 Å². The summed E-state index contributed by atoms with van der Waals surface area (Å²) in [5.74, 6) is 0.247. The van der Waals surface area contributed by atoms with Gasteiger partial charge in [0, 0.05) is 6.04 Å². The molecule has 2 aliphatic heterocycles. The molecule has 3 N–H and O–H groups in total. The summed E-state index contributed by atoms with van der Waals surface area (Å²) in [6, 6.07) is -0.420. The summed E-state index contributed by atoms with van der Waals surface area (Å²) in [5.41, 5.74) is 0. The van der Waals surface area contributed by atoms with E-state index in [0.717, 1.165) is 0 Å². The van der Waals surface area contributed by atoms with E-state index in [2.05, 4.69) is 41.6 Å². The predicted octanol–water partition coefficient (Wildman–Crippen LogP) is -0.572. The van der Waals surface area contributed by atoms with Crippen LogP contribution in [0.5, 0.6) is 0 Å². The molecule has 3 atom stereocenters. The van der Waals surface area contributed by atoms with E-state index in [-0.39, 0.29) is 18.1 Å². The molecule has 0 aromatic heterocycles. The minimum atomic E-state index is -0.419. The Morgan fingerprint density at radius 2 is 2.00 bits per heavy atom. The van der Waals surface area contributed by atoms with Gasteiger partial charge in [-0.15, -0.1) is 0 Å². The van der Waals surface area contributed by atoms with Crippen molar-refractivity contribution in [3.63, 3.8) is 0 Å². The summed E-state index contributed by atoms with van der Waals surface area (Å²) in [4.78, 5) is 25.0. The number of amides is 3.